The summed E-state index contributed by atoms with van der Waals surface area (Å²) in [7, 11) is 0. The topological polar surface area (TPSA) is 9.23 Å². The summed E-state index contributed by atoms with van der Waals surface area (Å²) in [5.41, 5.74) is 1.70. The van der Waals surface area contributed by atoms with Crippen molar-refractivity contribution >= 4 is 10.8 Å². The third-order valence-electron chi connectivity index (χ3n) is 5.96. The quantitative estimate of drug-likeness (QED) is 0.138. The summed E-state index contributed by atoms with van der Waals surface area (Å²) in [5.74, 6) is 2.70. The molecule has 0 radical (unpaired) electrons. The van der Waals surface area contributed by atoms with Crippen molar-refractivity contribution in [2.75, 3.05) is 6.61 Å². The second kappa shape index (κ2) is 11.8. The molecular weight excluding hydrogens is 464 g/mol. The van der Waals surface area contributed by atoms with Gasteiger partial charge in [-0.2, -0.15) is 0 Å². The van der Waals surface area contributed by atoms with Gasteiger partial charge in [0.25, 0.3) is 0 Å². The molecule has 0 unspecified atom stereocenters. The molecule has 1 nitrogen and oxygen atoms in total. The maximum atomic E-state index is 14.7. The molecule has 4 aromatic rings. The van der Waals surface area contributed by atoms with Crippen molar-refractivity contribution in [3.63, 3.8) is 0 Å². The van der Waals surface area contributed by atoms with Gasteiger partial charge in [0.15, 0.2) is 11.6 Å². The molecule has 0 atom stereocenters. The third kappa shape index (κ3) is 6.46. The zero-order valence-corrected chi connectivity index (χ0v) is 20.0. The van der Waals surface area contributed by atoms with Crippen LogP contribution in [0.1, 0.15) is 48.4 Å². The molecule has 4 aromatic carbocycles. The summed E-state index contributed by atoms with van der Waals surface area (Å²) in [4.78, 5) is 0. The zero-order chi connectivity index (χ0) is 25.5. The average molecular weight is 491 g/mol. The van der Waals surface area contributed by atoms with Crippen molar-refractivity contribution < 1.29 is 22.3 Å². The molecule has 0 saturated heterocycles. The van der Waals surface area contributed by atoms with Crippen molar-refractivity contribution in [2.45, 2.75) is 39.0 Å². The van der Waals surface area contributed by atoms with Gasteiger partial charge < -0.3 is 4.74 Å². The molecule has 0 bridgehead atoms. The number of halogens is 4. The highest BCUT2D eigenvalue weighted by Gasteiger charge is 2.10. The fourth-order valence-electron chi connectivity index (χ4n) is 3.93. The third-order valence-corrected chi connectivity index (χ3v) is 5.96. The van der Waals surface area contributed by atoms with Gasteiger partial charge in [0.2, 0.25) is 0 Å². The highest BCUT2D eigenvalue weighted by molar-refractivity contribution is 5.84. The summed E-state index contributed by atoms with van der Waals surface area (Å²) < 4.78 is 61.9. The van der Waals surface area contributed by atoms with E-state index in [2.05, 4.69) is 18.8 Å². The van der Waals surface area contributed by atoms with E-state index in [0.29, 0.717) is 41.3 Å². The number of aryl methyl sites for hydroxylation is 2. The number of rotatable bonds is 8. The van der Waals surface area contributed by atoms with Crippen molar-refractivity contribution in [3.8, 4) is 17.6 Å². The lowest BCUT2D eigenvalue weighted by Gasteiger charge is -2.08. The van der Waals surface area contributed by atoms with E-state index in [9.17, 15) is 17.6 Å². The normalized spacial score (nSPS) is 10.8. The number of unbranched alkanes of at least 4 members (excludes halogenated alkanes) is 2. The fourth-order valence-corrected chi connectivity index (χ4v) is 3.93. The Hall–Kier alpha value is -3.78. The zero-order valence-electron chi connectivity index (χ0n) is 20.0. The van der Waals surface area contributed by atoms with Crippen LogP contribution in [-0.2, 0) is 12.8 Å². The molecule has 0 amide bonds. The summed E-state index contributed by atoms with van der Waals surface area (Å²) in [6, 6.07) is 17.3. The van der Waals surface area contributed by atoms with E-state index in [-0.39, 0.29) is 5.56 Å². The molecule has 0 saturated carbocycles. The molecule has 0 N–H and O–H groups in total. The van der Waals surface area contributed by atoms with E-state index in [1.165, 1.54) is 12.1 Å². The van der Waals surface area contributed by atoms with Gasteiger partial charge in [0.1, 0.15) is 17.4 Å². The van der Waals surface area contributed by atoms with Crippen LogP contribution in [0.3, 0.4) is 0 Å². The van der Waals surface area contributed by atoms with Crippen LogP contribution in [0.4, 0.5) is 17.6 Å². The number of hydrogen-bond donors (Lipinski definition) is 0. The van der Waals surface area contributed by atoms with Crippen LogP contribution in [0, 0.1) is 35.1 Å². The Balaban J connectivity index is 1.41. The lowest BCUT2D eigenvalue weighted by molar-refractivity contribution is 0.306. The molecule has 5 heteroatoms. The van der Waals surface area contributed by atoms with Crippen molar-refractivity contribution in [2.24, 2.45) is 0 Å². The van der Waals surface area contributed by atoms with Gasteiger partial charge in [-0.3, -0.25) is 0 Å². The SMILES string of the molecule is CCCCCOc1ccc(CCc2cc(F)c(C#Cc3ccc4cc(F)c(F)cc4c3)c(F)c2)cc1. The molecule has 0 aliphatic carbocycles. The maximum absolute atomic E-state index is 14.7. The molecule has 0 fully saturated rings. The van der Waals surface area contributed by atoms with Crippen molar-refractivity contribution in [1.29, 1.82) is 0 Å². The van der Waals surface area contributed by atoms with Crippen molar-refractivity contribution in [1.82, 2.24) is 0 Å². The summed E-state index contributed by atoms with van der Waals surface area (Å²) in [6.45, 7) is 2.84. The lowest BCUT2D eigenvalue weighted by Crippen LogP contribution is -1.99. The summed E-state index contributed by atoms with van der Waals surface area (Å²) in [5, 5.41) is 0.961. The Kier molecular flexibility index (Phi) is 8.28. The predicted molar refractivity (Wildman–Crippen MR) is 135 cm³/mol. The molecule has 0 aliphatic heterocycles. The summed E-state index contributed by atoms with van der Waals surface area (Å²) in [6.07, 6.45) is 4.42. The van der Waals surface area contributed by atoms with E-state index < -0.39 is 23.3 Å². The molecule has 36 heavy (non-hydrogen) atoms. The molecule has 0 aromatic heterocycles. The maximum Gasteiger partial charge on any atom is 0.159 e. The fraction of sp³-hybridized carbons (Fsp3) is 0.226. The van der Waals surface area contributed by atoms with Gasteiger partial charge >= 0.3 is 0 Å². The molecule has 0 heterocycles. The number of benzene rings is 4. The van der Waals surface area contributed by atoms with Crippen LogP contribution in [-0.4, -0.2) is 6.61 Å². The highest BCUT2D eigenvalue weighted by atomic mass is 19.2. The van der Waals surface area contributed by atoms with Crippen molar-refractivity contribution in [3.05, 3.63) is 112 Å². The van der Waals surface area contributed by atoms with Crippen LogP contribution in [0.25, 0.3) is 10.8 Å². The second-order valence-electron chi connectivity index (χ2n) is 8.71. The Morgan fingerprint density at radius 3 is 2.00 bits per heavy atom. The minimum Gasteiger partial charge on any atom is -0.494 e. The average Bonchev–Trinajstić information content (AvgIpc) is 2.86. The number of ether oxygens (including phenoxy) is 1. The first-order valence-corrected chi connectivity index (χ1v) is 12.0. The standard InChI is InChI=1S/C31H26F4O/c1-2-3-4-15-36-26-12-8-21(9-13-26)5-6-23-17-28(32)27(29(33)18-23)14-10-22-7-11-24-19-30(34)31(35)20-25(24)16-22/h7-9,11-13,16-20H,2-6,15H2,1H3. The summed E-state index contributed by atoms with van der Waals surface area (Å²) >= 11 is 0. The molecule has 0 aliphatic rings. The van der Waals surface area contributed by atoms with Gasteiger partial charge in [-0.25, -0.2) is 17.6 Å². The van der Waals surface area contributed by atoms with E-state index in [1.807, 2.05) is 24.3 Å². The van der Waals surface area contributed by atoms with Crippen LogP contribution < -0.4 is 4.74 Å². The minimum atomic E-state index is -0.966. The van der Waals surface area contributed by atoms with Gasteiger partial charge in [0, 0.05) is 5.56 Å². The Bertz CT molecular complexity index is 1390. The smallest absolute Gasteiger partial charge is 0.159 e. The van der Waals surface area contributed by atoms with Crippen LogP contribution in [0.2, 0.25) is 0 Å². The number of hydrogen-bond acceptors (Lipinski definition) is 1. The van der Waals surface area contributed by atoms with E-state index in [4.69, 9.17) is 4.74 Å². The highest BCUT2D eigenvalue weighted by Crippen LogP contribution is 2.21. The van der Waals surface area contributed by atoms with Crippen LogP contribution >= 0.6 is 0 Å². The van der Waals surface area contributed by atoms with Gasteiger partial charge in [-0.15, -0.1) is 0 Å². The Morgan fingerprint density at radius 1 is 0.639 bits per heavy atom. The van der Waals surface area contributed by atoms with Crippen LogP contribution in [0.15, 0.2) is 66.7 Å². The predicted octanol–water partition coefficient (Wildman–Crippen LogP) is 8.15. The number of fused-ring (bicyclic) bond motifs is 1. The Morgan fingerprint density at radius 2 is 1.31 bits per heavy atom. The molecular formula is C31H26F4O. The lowest BCUT2D eigenvalue weighted by atomic mass is 10.0. The monoisotopic (exact) mass is 490 g/mol. The van der Waals surface area contributed by atoms with E-state index in [1.54, 1.807) is 18.2 Å². The van der Waals surface area contributed by atoms with Gasteiger partial charge in [0.05, 0.1) is 12.2 Å². The first-order chi connectivity index (χ1) is 17.4. The molecule has 0 spiro atoms. The van der Waals surface area contributed by atoms with Gasteiger partial charge in [-0.05, 0) is 89.7 Å². The molecule has 4 rings (SSSR count). The van der Waals surface area contributed by atoms with Gasteiger partial charge in [-0.1, -0.05) is 49.8 Å². The minimum absolute atomic E-state index is 0.325. The van der Waals surface area contributed by atoms with E-state index >= 15 is 0 Å². The first-order valence-electron chi connectivity index (χ1n) is 12.0. The van der Waals surface area contributed by atoms with E-state index in [0.717, 1.165) is 42.7 Å². The molecule has 184 valence electrons. The Labute approximate surface area is 208 Å². The largest absolute Gasteiger partial charge is 0.494 e. The van der Waals surface area contributed by atoms with Crippen LogP contribution in [0.5, 0.6) is 5.75 Å². The second-order valence-corrected chi connectivity index (χ2v) is 8.71. The first kappa shape index (κ1) is 25.3.